The van der Waals surface area contributed by atoms with Gasteiger partial charge in [-0.25, -0.2) is 18.9 Å². The minimum Gasteiger partial charge on any atom is -0.491 e. The highest BCUT2D eigenvalue weighted by Gasteiger charge is 2.44. The number of carbonyl (C=O) groups is 1. The van der Waals surface area contributed by atoms with E-state index in [1.54, 1.807) is 4.57 Å². The van der Waals surface area contributed by atoms with Crippen LogP contribution < -0.4 is 4.74 Å². The molecule has 0 bridgehead atoms. The van der Waals surface area contributed by atoms with Crippen LogP contribution in [0.1, 0.15) is 99.8 Å². The molecular weight excluding hydrogens is 574 g/mol. The van der Waals surface area contributed by atoms with Gasteiger partial charge in [0.25, 0.3) is 5.91 Å². The summed E-state index contributed by atoms with van der Waals surface area (Å²) in [6, 6.07) is 7.23. The fourth-order valence-corrected chi connectivity index (χ4v) is 7.84. The van der Waals surface area contributed by atoms with Crippen LogP contribution in [0.5, 0.6) is 5.75 Å². The van der Waals surface area contributed by atoms with E-state index in [1.807, 2.05) is 37.8 Å². The number of hydrogen-bond acceptors (Lipinski definition) is 8. The number of rotatable bonds is 8. The SMILES string of the molecule is CC(C)Oc1ccc(C2CCCC2)c(C(=O)N2CCCC[C@@]2(C)c2nc3ncc(F)cc3n2COP2(=O)OCCCO2)c1. The Bertz CT molecular complexity index is 1530. The number of amides is 1. The van der Waals surface area contributed by atoms with Crippen LogP contribution in [0.15, 0.2) is 30.5 Å². The molecule has 0 spiro atoms. The first-order chi connectivity index (χ1) is 20.7. The summed E-state index contributed by atoms with van der Waals surface area (Å²) in [4.78, 5) is 25.6. The van der Waals surface area contributed by atoms with E-state index in [9.17, 15) is 13.8 Å². The van der Waals surface area contributed by atoms with Gasteiger partial charge in [-0.1, -0.05) is 18.9 Å². The number of aromatic nitrogens is 3. The van der Waals surface area contributed by atoms with Crippen molar-refractivity contribution in [3.8, 4) is 5.75 Å². The normalized spacial score (nSPS) is 22.9. The molecule has 3 fully saturated rings. The second-order valence-electron chi connectivity index (χ2n) is 12.2. The van der Waals surface area contributed by atoms with Crippen molar-refractivity contribution in [1.82, 2.24) is 19.4 Å². The van der Waals surface area contributed by atoms with Gasteiger partial charge in [0.2, 0.25) is 0 Å². The molecule has 1 aromatic carbocycles. The molecule has 6 rings (SSSR count). The second-order valence-corrected chi connectivity index (χ2v) is 13.8. The van der Waals surface area contributed by atoms with Crippen molar-refractivity contribution in [3.63, 3.8) is 0 Å². The van der Waals surface area contributed by atoms with E-state index in [2.05, 4.69) is 11.1 Å². The van der Waals surface area contributed by atoms with Gasteiger partial charge < -0.3 is 9.64 Å². The fourth-order valence-electron chi connectivity index (χ4n) is 6.66. The summed E-state index contributed by atoms with van der Waals surface area (Å²) in [6.45, 7) is 6.69. The van der Waals surface area contributed by atoms with Gasteiger partial charge in [0.15, 0.2) is 5.65 Å². The van der Waals surface area contributed by atoms with Crippen LogP contribution in [0.3, 0.4) is 0 Å². The van der Waals surface area contributed by atoms with E-state index in [0.29, 0.717) is 53.6 Å². The molecule has 0 radical (unpaired) electrons. The van der Waals surface area contributed by atoms with E-state index in [4.69, 9.17) is 23.3 Å². The van der Waals surface area contributed by atoms with Gasteiger partial charge in [-0.15, -0.1) is 0 Å². The number of nitrogens with zero attached hydrogens (tertiary/aromatic N) is 4. The standard InChI is InChI=1S/C31H40FN4O6P/c1-21(2)42-24-11-12-25(22-9-4-5-10-22)26(18-24)29(37)36-14-7-6-13-31(36,3)30-34-28-27(17-23(32)19-33-28)35(30)20-41-43(38)39-15-8-16-40-43/h11-12,17-19,21-22H,4-10,13-16,20H2,1-3H3/t31-/m0/s1. The van der Waals surface area contributed by atoms with Crippen LogP contribution in [-0.2, 0) is 30.4 Å². The third-order valence-electron chi connectivity index (χ3n) is 8.74. The third kappa shape index (κ3) is 6.10. The monoisotopic (exact) mass is 614 g/mol. The lowest BCUT2D eigenvalue weighted by molar-refractivity contribution is 0.0267. The summed E-state index contributed by atoms with van der Waals surface area (Å²) in [5.41, 5.74) is 1.49. The Hall–Kier alpha value is -2.85. The van der Waals surface area contributed by atoms with Crippen LogP contribution in [0.25, 0.3) is 11.2 Å². The molecule has 2 aromatic heterocycles. The van der Waals surface area contributed by atoms with E-state index in [0.717, 1.165) is 50.3 Å². The zero-order valence-electron chi connectivity index (χ0n) is 25.1. The second kappa shape index (κ2) is 12.3. The van der Waals surface area contributed by atoms with Crippen molar-refractivity contribution in [2.75, 3.05) is 19.8 Å². The van der Waals surface area contributed by atoms with Crippen molar-refractivity contribution in [2.24, 2.45) is 0 Å². The number of imidazole rings is 1. The van der Waals surface area contributed by atoms with Crippen molar-refractivity contribution >= 4 is 24.9 Å². The number of carbonyl (C=O) groups excluding carboxylic acids is 1. The van der Waals surface area contributed by atoms with Gasteiger partial charge in [0, 0.05) is 18.2 Å². The molecule has 1 aliphatic carbocycles. The lowest BCUT2D eigenvalue weighted by Gasteiger charge is -2.45. The third-order valence-corrected chi connectivity index (χ3v) is 10.2. The summed E-state index contributed by atoms with van der Waals surface area (Å²) >= 11 is 0. The lowest BCUT2D eigenvalue weighted by Crippen LogP contribution is -2.52. The van der Waals surface area contributed by atoms with Crippen molar-refractivity contribution < 1.29 is 32.1 Å². The van der Waals surface area contributed by atoms with Gasteiger partial charge in [-0.2, -0.15) is 0 Å². The maximum absolute atomic E-state index is 14.7. The van der Waals surface area contributed by atoms with Crippen molar-refractivity contribution in [3.05, 3.63) is 53.2 Å². The molecule has 0 unspecified atom stereocenters. The van der Waals surface area contributed by atoms with Gasteiger partial charge >= 0.3 is 7.82 Å². The van der Waals surface area contributed by atoms with Gasteiger partial charge in [-0.3, -0.25) is 22.9 Å². The Labute approximate surface area is 251 Å². The number of ether oxygens (including phenoxy) is 1. The van der Waals surface area contributed by atoms with Gasteiger partial charge in [0.05, 0.1) is 36.6 Å². The van der Waals surface area contributed by atoms with E-state index in [1.165, 1.54) is 6.07 Å². The summed E-state index contributed by atoms with van der Waals surface area (Å²) in [7, 11) is -3.80. The van der Waals surface area contributed by atoms with Crippen LogP contribution in [0, 0.1) is 5.82 Å². The quantitative estimate of drug-likeness (QED) is 0.248. The Morgan fingerprint density at radius 3 is 2.65 bits per heavy atom. The fraction of sp³-hybridized carbons (Fsp3) is 0.581. The number of pyridine rings is 1. The van der Waals surface area contributed by atoms with Crippen LogP contribution >= 0.6 is 7.82 Å². The number of phosphoric ester groups is 1. The molecule has 10 nitrogen and oxygen atoms in total. The molecule has 3 aliphatic rings. The number of fused-ring (bicyclic) bond motifs is 1. The average Bonchev–Trinajstić information content (AvgIpc) is 3.65. The highest BCUT2D eigenvalue weighted by molar-refractivity contribution is 7.48. The zero-order valence-corrected chi connectivity index (χ0v) is 26.0. The molecule has 232 valence electrons. The Morgan fingerprint density at radius 2 is 1.91 bits per heavy atom. The minimum atomic E-state index is -3.80. The smallest absolute Gasteiger partial charge is 0.476 e. The minimum absolute atomic E-state index is 0.0300. The molecule has 0 N–H and O–H groups in total. The first-order valence-electron chi connectivity index (χ1n) is 15.4. The van der Waals surface area contributed by atoms with Crippen LogP contribution in [0.2, 0.25) is 0 Å². The van der Waals surface area contributed by atoms with Crippen molar-refractivity contribution in [1.29, 1.82) is 0 Å². The summed E-state index contributed by atoms with van der Waals surface area (Å²) in [5.74, 6) is 0.831. The topological polar surface area (TPSA) is 105 Å². The number of piperidine rings is 1. The molecule has 3 aromatic rings. The van der Waals surface area contributed by atoms with E-state index < -0.39 is 19.2 Å². The number of likely N-dealkylation sites (tertiary alicyclic amines) is 1. The predicted octanol–water partition coefficient (Wildman–Crippen LogP) is 7.08. The summed E-state index contributed by atoms with van der Waals surface area (Å²) in [6.07, 6.45) is 8.42. The van der Waals surface area contributed by atoms with E-state index in [-0.39, 0.29) is 32.0 Å². The molecular formula is C31H40FN4O6P. The molecule has 1 atom stereocenters. The number of halogens is 1. The molecule has 12 heteroatoms. The molecule has 1 saturated carbocycles. The zero-order chi connectivity index (χ0) is 30.2. The summed E-state index contributed by atoms with van der Waals surface area (Å²) < 4.78 is 51.6. The highest BCUT2D eigenvalue weighted by atomic mass is 31.2. The molecule has 2 saturated heterocycles. The van der Waals surface area contributed by atoms with Gasteiger partial charge in [0.1, 0.15) is 24.1 Å². The van der Waals surface area contributed by atoms with Crippen LogP contribution in [-0.4, -0.2) is 51.2 Å². The summed E-state index contributed by atoms with van der Waals surface area (Å²) in [5, 5.41) is 0. The number of phosphoric acid groups is 1. The Balaban J connectivity index is 1.42. The number of benzene rings is 1. The largest absolute Gasteiger partial charge is 0.491 e. The number of hydrogen-bond donors (Lipinski definition) is 0. The molecule has 43 heavy (non-hydrogen) atoms. The lowest BCUT2D eigenvalue weighted by atomic mass is 9.85. The Kier molecular flexibility index (Phi) is 8.61. The Morgan fingerprint density at radius 1 is 1.14 bits per heavy atom. The van der Waals surface area contributed by atoms with Gasteiger partial charge in [-0.05, 0) is 82.9 Å². The van der Waals surface area contributed by atoms with E-state index >= 15 is 0 Å². The van der Waals surface area contributed by atoms with Crippen molar-refractivity contribution in [2.45, 2.75) is 96.4 Å². The maximum atomic E-state index is 14.7. The first-order valence-corrected chi connectivity index (χ1v) is 16.8. The maximum Gasteiger partial charge on any atom is 0.476 e. The first kappa shape index (κ1) is 30.2. The average molecular weight is 615 g/mol. The predicted molar refractivity (Wildman–Crippen MR) is 158 cm³/mol. The van der Waals surface area contributed by atoms with Crippen LogP contribution in [0.4, 0.5) is 4.39 Å². The molecule has 1 amide bonds. The molecule has 2 aliphatic heterocycles. The molecule has 4 heterocycles. The highest BCUT2D eigenvalue weighted by Crippen LogP contribution is 2.52.